The number of aromatic nitrogens is 2. The van der Waals surface area contributed by atoms with Gasteiger partial charge in [0.15, 0.2) is 0 Å². The van der Waals surface area contributed by atoms with Crippen LogP contribution in [0.5, 0.6) is 0 Å². The summed E-state index contributed by atoms with van der Waals surface area (Å²) in [5.74, 6) is 0.360. The fourth-order valence-corrected chi connectivity index (χ4v) is 1.64. The van der Waals surface area contributed by atoms with E-state index in [0.29, 0.717) is 18.0 Å². The first-order valence-electron chi connectivity index (χ1n) is 4.05. The van der Waals surface area contributed by atoms with Gasteiger partial charge in [-0.2, -0.15) is 11.8 Å². The van der Waals surface area contributed by atoms with Crippen molar-refractivity contribution < 1.29 is 9.90 Å². The molecule has 1 aromatic rings. The molecule has 76 valence electrons. The zero-order valence-electron chi connectivity index (χ0n) is 7.51. The van der Waals surface area contributed by atoms with Gasteiger partial charge in [-0.3, -0.25) is 0 Å². The Morgan fingerprint density at radius 1 is 1.64 bits per heavy atom. The largest absolute Gasteiger partial charge is 0.478 e. The van der Waals surface area contributed by atoms with Crippen molar-refractivity contribution in [1.82, 2.24) is 9.97 Å². The molecule has 14 heavy (non-hydrogen) atoms. The Morgan fingerprint density at radius 2 is 2.43 bits per heavy atom. The van der Waals surface area contributed by atoms with Gasteiger partial charge in [0.25, 0.3) is 0 Å². The molecule has 1 aromatic heterocycles. The van der Waals surface area contributed by atoms with E-state index in [-0.39, 0.29) is 5.56 Å². The molecule has 0 unspecified atom stereocenters. The molecule has 1 rings (SSSR count). The van der Waals surface area contributed by atoms with Gasteiger partial charge in [0.1, 0.15) is 11.9 Å². The fourth-order valence-electron chi connectivity index (χ4n) is 0.901. The van der Waals surface area contributed by atoms with Crippen molar-refractivity contribution >= 4 is 17.7 Å². The number of hydrogen-bond acceptors (Lipinski definition) is 5. The number of rotatable bonds is 5. The Hall–Kier alpha value is -1.14. The highest BCUT2D eigenvalue weighted by atomic mass is 32.2. The number of hydrogen-bond donors (Lipinski definition) is 2. The minimum absolute atomic E-state index is 0.164. The minimum Gasteiger partial charge on any atom is -0.478 e. The summed E-state index contributed by atoms with van der Waals surface area (Å²) in [6, 6.07) is 0. The second-order valence-corrected chi connectivity index (χ2v) is 3.63. The van der Waals surface area contributed by atoms with Crippen LogP contribution in [0.4, 0.5) is 0 Å². The van der Waals surface area contributed by atoms with Crippen LogP contribution in [0.15, 0.2) is 12.5 Å². The topological polar surface area (TPSA) is 89.1 Å². The van der Waals surface area contributed by atoms with Crippen molar-refractivity contribution in [3.63, 3.8) is 0 Å². The summed E-state index contributed by atoms with van der Waals surface area (Å²) in [6.07, 6.45) is 2.67. The molecule has 0 aliphatic heterocycles. The van der Waals surface area contributed by atoms with Gasteiger partial charge in [0.2, 0.25) is 0 Å². The van der Waals surface area contributed by atoms with Crippen molar-refractivity contribution in [3.05, 3.63) is 23.8 Å². The normalized spacial score (nSPS) is 10.1. The second kappa shape index (κ2) is 5.56. The van der Waals surface area contributed by atoms with Crippen LogP contribution in [0.3, 0.4) is 0 Å². The summed E-state index contributed by atoms with van der Waals surface area (Å²) in [5.41, 5.74) is 6.03. The van der Waals surface area contributed by atoms with Gasteiger partial charge >= 0.3 is 5.97 Å². The van der Waals surface area contributed by atoms with E-state index in [2.05, 4.69) is 9.97 Å². The van der Waals surface area contributed by atoms with E-state index >= 15 is 0 Å². The first kappa shape index (κ1) is 10.9. The Bertz CT molecular complexity index is 319. The fraction of sp³-hybridized carbons (Fsp3) is 0.375. The average molecular weight is 213 g/mol. The van der Waals surface area contributed by atoms with Crippen LogP contribution in [0.1, 0.15) is 16.1 Å². The maximum absolute atomic E-state index is 10.7. The van der Waals surface area contributed by atoms with Gasteiger partial charge in [0.05, 0.1) is 5.69 Å². The highest BCUT2D eigenvalue weighted by Gasteiger charge is 2.10. The molecule has 6 heteroatoms. The van der Waals surface area contributed by atoms with Crippen molar-refractivity contribution in [2.24, 2.45) is 5.73 Å². The van der Waals surface area contributed by atoms with Gasteiger partial charge in [-0.1, -0.05) is 0 Å². The third kappa shape index (κ3) is 2.97. The number of nitrogens with zero attached hydrogens (tertiary/aromatic N) is 2. The third-order valence-electron chi connectivity index (χ3n) is 1.53. The van der Waals surface area contributed by atoms with E-state index in [1.165, 1.54) is 12.5 Å². The lowest BCUT2D eigenvalue weighted by molar-refractivity contribution is 0.0695. The molecule has 0 bridgehead atoms. The summed E-state index contributed by atoms with van der Waals surface area (Å²) in [7, 11) is 0. The van der Waals surface area contributed by atoms with Gasteiger partial charge in [-0.05, 0) is 0 Å². The molecule has 1 heterocycles. The number of aromatic carboxylic acids is 1. The summed E-state index contributed by atoms with van der Waals surface area (Å²) >= 11 is 1.56. The second-order valence-electron chi connectivity index (χ2n) is 2.53. The van der Waals surface area contributed by atoms with E-state index in [9.17, 15) is 4.79 Å². The van der Waals surface area contributed by atoms with E-state index in [1.807, 2.05) is 0 Å². The summed E-state index contributed by atoms with van der Waals surface area (Å²) < 4.78 is 0. The molecule has 0 aliphatic carbocycles. The SMILES string of the molecule is NCCSCc1ncncc1C(=O)O. The molecule has 3 N–H and O–H groups in total. The summed E-state index contributed by atoms with van der Waals surface area (Å²) in [6.45, 7) is 0.582. The van der Waals surface area contributed by atoms with Crippen molar-refractivity contribution in [3.8, 4) is 0 Å². The first-order valence-corrected chi connectivity index (χ1v) is 5.21. The highest BCUT2D eigenvalue weighted by molar-refractivity contribution is 7.98. The zero-order valence-corrected chi connectivity index (χ0v) is 8.33. The van der Waals surface area contributed by atoms with Gasteiger partial charge in [-0.25, -0.2) is 14.8 Å². The number of carbonyl (C=O) groups is 1. The van der Waals surface area contributed by atoms with E-state index < -0.39 is 5.97 Å². The molecule has 0 saturated heterocycles. The monoisotopic (exact) mass is 213 g/mol. The average Bonchev–Trinajstić information content (AvgIpc) is 2.19. The maximum Gasteiger partial charge on any atom is 0.339 e. The van der Waals surface area contributed by atoms with Gasteiger partial charge < -0.3 is 10.8 Å². The quantitative estimate of drug-likeness (QED) is 0.687. The molecule has 0 aliphatic rings. The standard InChI is InChI=1S/C8H11N3O2S/c9-1-2-14-4-7-6(8(12)13)3-10-5-11-7/h3,5H,1-2,4,9H2,(H,12,13). The lowest BCUT2D eigenvalue weighted by Gasteiger charge is -2.02. The summed E-state index contributed by atoms with van der Waals surface area (Å²) in [5, 5.41) is 8.81. The third-order valence-corrected chi connectivity index (χ3v) is 2.53. The van der Waals surface area contributed by atoms with E-state index in [0.717, 1.165) is 5.75 Å². The van der Waals surface area contributed by atoms with Crippen molar-refractivity contribution in [2.75, 3.05) is 12.3 Å². The zero-order chi connectivity index (χ0) is 10.4. The van der Waals surface area contributed by atoms with Crippen LogP contribution < -0.4 is 5.73 Å². The molecule has 0 saturated carbocycles. The molecule has 0 fully saturated rings. The molecule has 0 spiro atoms. The predicted octanol–water partition coefficient (Wildman–Crippen LogP) is 0.367. The first-order chi connectivity index (χ1) is 6.75. The lowest BCUT2D eigenvalue weighted by Crippen LogP contribution is -2.06. The van der Waals surface area contributed by atoms with Crippen molar-refractivity contribution in [2.45, 2.75) is 5.75 Å². The Kier molecular flexibility index (Phi) is 4.34. The number of nitrogens with two attached hydrogens (primary N) is 1. The molecular formula is C8H11N3O2S. The highest BCUT2D eigenvalue weighted by Crippen LogP contribution is 2.12. The van der Waals surface area contributed by atoms with Crippen molar-refractivity contribution in [1.29, 1.82) is 0 Å². The molecule has 0 atom stereocenters. The Labute approximate surface area is 85.7 Å². The van der Waals surface area contributed by atoms with E-state index in [1.54, 1.807) is 11.8 Å². The number of carboxylic acids is 1. The Morgan fingerprint density at radius 3 is 3.07 bits per heavy atom. The summed E-state index contributed by atoms with van der Waals surface area (Å²) in [4.78, 5) is 18.3. The molecule has 5 nitrogen and oxygen atoms in total. The predicted molar refractivity (Wildman–Crippen MR) is 54.2 cm³/mol. The van der Waals surface area contributed by atoms with Gasteiger partial charge in [0, 0.05) is 24.2 Å². The lowest BCUT2D eigenvalue weighted by atomic mass is 10.2. The molecule has 0 amide bonds. The van der Waals surface area contributed by atoms with E-state index in [4.69, 9.17) is 10.8 Å². The van der Waals surface area contributed by atoms with Crippen LogP contribution in [0, 0.1) is 0 Å². The number of carboxylic acid groups (broad SMARTS) is 1. The molecule has 0 radical (unpaired) electrons. The number of thioether (sulfide) groups is 1. The van der Waals surface area contributed by atoms with Gasteiger partial charge in [-0.15, -0.1) is 0 Å². The van der Waals surface area contributed by atoms with Crippen LogP contribution >= 0.6 is 11.8 Å². The smallest absolute Gasteiger partial charge is 0.339 e. The van der Waals surface area contributed by atoms with Crippen LogP contribution in [-0.2, 0) is 5.75 Å². The van der Waals surface area contributed by atoms with Crippen LogP contribution in [0.2, 0.25) is 0 Å². The van der Waals surface area contributed by atoms with Crippen LogP contribution in [0.25, 0.3) is 0 Å². The Balaban J connectivity index is 2.69. The van der Waals surface area contributed by atoms with Crippen LogP contribution in [-0.4, -0.2) is 33.3 Å². The maximum atomic E-state index is 10.7. The minimum atomic E-state index is -0.992. The molecule has 0 aromatic carbocycles. The molecular weight excluding hydrogens is 202 g/mol.